The predicted molar refractivity (Wildman–Crippen MR) is 85.9 cm³/mol. The van der Waals surface area contributed by atoms with Crippen LogP contribution in [-0.4, -0.2) is 16.3 Å². The molecular formula is C13H8Cl3N2OSi. The Hall–Kier alpha value is -1.20. The molecule has 0 aliphatic rings. The van der Waals surface area contributed by atoms with Crippen LogP contribution in [0.1, 0.15) is 0 Å². The van der Waals surface area contributed by atoms with Crippen molar-refractivity contribution in [2.45, 2.75) is 0 Å². The Balaban J connectivity index is 2.08. The second-order valence-corrected chi connectivity index (χ2v) is 5.85. The third-order valence-corrected chi connectivity index (χ3v) is 3.22. The average molecular weight is 343 g/mol. The number of anilines is 2. The first-order valence-electron chi connectivity index (χ1n) is 5.49. The smallest absolute Gasteiger partial charge is 0.308 e. The highest BCUT2D eigenvalue weighted by Crippen LogP contribution is 2.22. The van der Waals surface area contributed by atoms with E-state index in [9.17, 15) is 4.79 Å². The molecule has 0 aliphatic heterocycles. The number of hydrogen-bond donors (Lipinski definition) is 2. The monoisotopic (exact) mass is 341 g/mol. The van der Waals surface area contributed by atoms with Crippen LogP contribution in [0.15, 0.2) is 36.4 Å². The second kappa shape index (κ2) is 6.50. The van der Waals surface area contributed by atoms with Crippen LogP contribution >= 0.6 is 34.8 Å². The van der Waals surface area contributed by atoms with Gasteiger partial charge in [-0.3, -0.25) is 0 Å². The molecule has 20 heavy (non-hydrogen) atoms. The summed E-state index contributed by atoms with van der Waals surface area (Å²) in [5.74, 6) is 0. The Morgan fingerprint density at radius 3 is 1.75 bits per heavy atom. The van der Waals surface area contributed by atoms with E-state index < -0.39 is 6.03 Å². The van der Waals surface area contributed by atoms with Gasteiger partial charge in [0.05, 0.1) is 10.2 Å². The fraction of sp³-hybridized carbons (Fsp3) is 0. The minimum absolute atomic E-state index is 0.420. The number of urea groups is 1. The van der Waals surface area contributed by atoms with Crippen LogP contribution in [0, 0.1) is 0 Å². The van der Waals surface area contributed by atoms with Gasteiger partial charge in [0, 0.05) is 26.4 Å². The number of rotatable bonds is 2. The predicted octanol–water partition coefficient (Wildman–Crippen LogP) is 4.08. The molecule has 2 amide bonds. The summed E-state index contributed by atoms with van der Waals surface area (Å²) in [6.07, 6.45) is 0. The zero-order valence-corrected chi connectivity index (χ0v) is 13.3. The molecule has 0 spiro atoms. The number of halogens is 3. The van der Waals surface area contributed by atoms with E-state index in [1.54, 1.807) is 36.4 Å². The van der Waals surface area contributed by atoms with Crippen molar-refractivity contribution in [1.29, 1.82) is 0 Å². The third kappa shape index (κ3) is 4.42. The van der Waals surface area contributed by atoms with Gasteiger partial charge in [-0.2, -0.15) is 0 Å². The molecule has 7 heteroatoms. The van der Waals surface area contributed by atoms with E-state index in [0.29, 0.717) is 26.4 Å². The maximum absolute atomic E-state index is 11.9. The Kier molecular flexibility index (Phi) is 4.94. The molecule has 0 saturated carbocycles. The van der Waals surface area contributed by atoms with Crippen molar-refractivity contribution in [3.63, 3.8) is 0 Å². The molecule has 0 bridgehead atoms. The summed E-state index contributed by atoms with van der Waals surface area (Å²) in [4.78, 5) is 11.9. The lowest BCUT2D eigenvalue weighted by Crippen LogP contribution is -2.20. The second-order valence-electron chi connectivity index (χ2n) is 3.97. The van der Waals surface area contributed by atoms with Gasteiger partial charge in [0.25, 0.3) is 0 Å². The summed E-state index contributed by atoms with van der Waals surface area (Å²) >= 11 is 17.6. The van der Waals surface area contributed by atoms with Gasteiger partial charge in [-0.05, 0) is 36.4 Å². The molecule has 2 aromatic carbocycles. The number of nitrogens with one attached hydrogen (secondary N) is 2. The highest BCUT2D eigenvalue weighted by molar-refractivity contribution is 6.37. The Bertz CT molecular complexity index is 568. The van der Waals surface area contributed by atoms with Crippen LogP contribution in [0.2, 0.25) is 15.1 Å². The molecule has 0 aliphatic carbocycles. The molecule has 2 rings (SSSR count). The lowest BCUT2D eigenvalue weighted by Gasteiger charge is -2.09. The summed E-state index contributed by atoms with van der Waals surface area (Å²) < 4.78 is 0. The van der Waals surface area contributed by atoms with Crippen molar-refractivity contribution in [3.8, 4) is 0 Å². The molecule has 0 fully saturated rings. The zero-order valence-electron chi connectivity index (χ0n) is 10.0. The van der Waals surface area contributed by atoms with Gasteiger partial charge in [0.15, 0.2) is 0 Å². The zero-order chi connectivity index (χ0) is 14.7. The van der Waals surface area contributed by atoms with Crippen LogP contribution in [0.4, 0.5) is 16.2 Å². The number of hydrogen-bond acceptors (Lipinski definition) is 1. The van der Waals surface area contributed by atoms with Gasteiger partial charge in [-0.1, -0.05) is 40.0 Å². The van der Waals surface area contributed by atoms with Crippen LogP contribution < -0.4 is 15.8 Å². The van der Waals surface area contributed by atoms with Crippen molar-refractivity contribution in [2.75, 3.05) is 10.6 Å². The standard InChI is InChI=1S/C13H8Cl3N2OSi/c14-7-1-8(15)3-10(2-7)17-13(19)18-11-4-9(16)5-12(20)6-11/h1-6H,(H2,17,18,19). The van der Waals surface area contributed by atoms with Gasteiger partial charge in [0.1, 0.15) is 0 Å². The molecule has 0 atom stereocenters. The van der Waals surface area contributed by atoms with Crippen LogP contribution in [-0.2, 0) is 0 Å². The molecule has 3 radical (unpaired) electrons. The van der Waals surface area contributed by atoms with E-state index in [0.717, 1.165) is 5.19 Å². The molecule has 101 valence electrons. The highest BCUT2D eigenvalue weighted by atomic mass is 35.5. The fourth-order valence-electron chi connectivity index (χ4n) is 1.58. The third-order valence-electron chi connectivity index (χ3n) is 2.28. The van der Waals surface area contributed by atoms with E-state index in [-0.39, 0.29) is 0 Å². The lowest BCUT2D eigenvalue weighted by molar-refractivity contribution is 0.262. The number of carbonyl (C=O) groups is 1. The van der Waals surface area contributed by atoms with Crippen molar-refractivity contribution < 1.29 is 4.79 Å². The Labute approximate surface area is 134 Å². The molecular weight excluding hydrogens is 335 g/mol. The topological polar surface area (TPSA) is 41.1 Å². The lowest BCUT2D eigenvalue weighted by atomic mass is 10.3. The van der Waals surface area contributed by atoms with E-state index in [4.69, 9.17) is 34.8 Å². The maximum Gasteiger partial charge on any atom is 0.323 e. The number of carbonyl (C=O) groups excluding carboxylic acids is 1. The van der Waals surface area contributed by atoms with Crippen molar-refractivity contribution >= 4 is 67.6 Å². The number of benzene rings is 2. The highest BCUT2D eigenvalue weighted by Gasteiger charge is 2.05. The summed E-state index contributed by atoms with van der Waals surface area (Å²) in [6, 6.07) is 9.44. The Morgan fingerprint density at radius 2 is 1.25 bits per heavy atom. The van der Waals surface area contributed by atoms with Gasteiger partial charge < -0.3 is 10.6 Å². The van der Waals surface area contributed by atoms with E-state index in [1.807, 2.05) is 0 Å². The normalized spacial score (nSPS) is 10.2. The molecule has 0 unspecified atom stereocenters. The van der Waals surface area contributed by atoms with E-state index in [1.165, 1.54) is 0 Å². The first-order valence-corrected chi connectivity index (χ1v) is 7.12. The van der Waals surface area contributed by atoms with Crippen LogP contribution in [0.5, 0.6) is 0 Å². The minimum Gasteiger partial charge on any atom is -0.308 e. The summed E-state index contributed by atoms with van der Waals surface area (Å²) in [5.41, 5.74) is 1.06. The average Bonchev–Trinajstić information content (AvgIpc) is 2.24. The minimum atomic E-state index is -0.420. The Morgan fingerprint density at radius 1 is 0.800 bits per heavy atom. The molecule has 2 aromatic rings. The largest absolute Gasteiger partial charge is 0.323 e. The van der Waals surface area contributed by atoms with Crippen molar-refractivity contribution in [2.24, 2.45) is 0 Å². The SMILES string of the molecule is O=C(Nc1cc([Si])cc(Cl)c1)Nc1cc(Cl)cc(Cl)c1. The van der Waals surface area contributed by atoms with Crippen molar-refractivity contribution in [1.82, 2.24) is 0 Å². The van der Waals surface area contributed by atoms with Gasteiger partial charge in [-0.25, -0.2) is 4.79 Å². The van der Waals surface area contributed by atoms with Crippen molar-refractivity contribution in [3.05, 3.63) is 51.5 Å². The van der Waals surface area contributed by atoms with Gasteiger partial charge in [0.2, 0.25) is 0 Å². The first-order chi connectivity index (χ1) is 9.42. The maximum atomic E-state index is 11.9. The summed E-state index contributed by atoms with van der Waals surface area (Å²) in [5, 5.41) is 7.45. The van der Waals surface area contributed by atoms with Gasteiger partial charge >= 0.3 is 6.03 Å². The van der Waals surface area contributed by atoms with Crippen LogP contribution in [0.25, 0.3) is 0 Å². The summed E-state index contributed by atoms with van der Waals surface area (Å²) in [7, 11) is 3.35. The quantitative estimate of drug-likeness (QED) is 0.793. The summed E-state index contributed by atoms with van der Waals surface area (Å²) in [6.45, 7) is 0. The molecule has 0 saturated heterocycles. The van der Waals surface area contributed by atoms with E-state index >= 15 is 0 Å². The van der Waals surface area contributed by atoms with Crippen LogP contribution in [0.3, 0.4) is 0 Å². The molecule has 2 N–H and O–H groups in total. The molecule has 0 heterocycles. The van der Waals surface area contributed by atoms with Gasteiger partial charge in [-0.15, -0.1) is 0 Å². The fourth-order valence-corrected chi connectivity index (χ4v) is 2.74. The molecule has 0 aromatic heterocycles. The number of amides is 2. The van der Waals surface area contributed by atoms with E-state index in [2.05, 4.69) is 20.9 Å². The first kappa shape index (κ1) is 15.2. The molecule has 3 nitrogen and oxygen atoms in total.